The van der Waals surface area contributed by atoms with Crippen molar-refractivity contribution >= 4 is 0 Å². The Labute approximate surface area is 98.1 Å². The van der Waals surface area contributed by atoms with Crippen molar-refractivity contribution in [3.8, 4) is 0 Å². The number of rotatable bonds is 3. The SMILES string of the molecule is CCC1CCC(n2cncc2[C@H](C)N)CC1. The molecule has 1 aliphatic carbocycles. The Hall–Kier alpha value is -0.830. The zero-order valence-corrected chi connectivity index (χ0v) is 10.4. The van der Waals surface area contributed by atoms with Crippen LogP contribution in [0.4, 0.5) is 0 Å². The summed E-state index contributed by atoms with van der Waals surface area (Å²) in [7, 11) is 0. The Morgan fingerprint density at radius 2 is 2.12 bits per heavy atom. The quantitative estimate of drug-likeness (QED) is 0.852. The third kappa shape index (κ3) is 2.29. The maximum Gasteiger partial charge on any atom is 0.0951 e. The molecule has 1 fully saturated rings. The molecule has 0 aromatic carbocycles. The van der Waals surface area contributed by atoms with Crippen LogP contribution in [0.15, 0.2) is 12.5 Å². The largest absolute Gasteiger partial charge is 0.330 e. The first kappa shape index (κ1) is 11.6. The van der Waals surface area contributed by atoms with Gasteiger partial charge in [-0.3, -0.25) is 0 Å². The van der Waals surface area contributed by atoms with Crippen LogP contribution in [0.1, 0.15) is 63.7 Å². The molecular formula is C13H23N3. The van der Waals surface area contributed by atoms with Gasteiger partial charge in [0.2, 0.25) is 0 Å². The standard InChI is InChI=1S/C13H23N3/c1-3-11-4-6-12(7-5-11)16-9-15-8-13(16)10(2)14/h8-12H,3-7,14H2,1-2H3/t10-,11?,12?/m0/s1. The highest BCUT2D eigenvalue weighted by Gasteiger charge is 2.23. The summed E-state index contributed by atoms with van der Waals surface area (Å²) in [4.78, 5) is 4.24. The zero-order chi connectivity index (χ0) is 11.5. The first-order valence-corrected chi connectivity index (χ1v) is 6.49. The summed E-state index contributed by atoms with van der Waals surface area (Å²) in [6.45, 7) is 4.33. The second kappa shape index (κ2) is 5.00. The number of hydrogen-bond acceptors (Lipinski definition) is 2. The highest BCUT2D eigenvalue weighted by molar-refractivity contribution is 5.05. The van der Waals surface area contributed by atoms with Crippen LogP contribution in [-0.4, -0.2) is 9.55 Å². The van der Waals surface area contributed by atoms with Crippen LogP contribution in [-0.2, 0) is 0 Å². The molecule has 0 saturated heterocycles. The van der Waals surface area contributed by atoms with Crippen molar-refractivity contribution in [1.82, 2.24) is 9.55 Å². The summed E-state index contributed by atoms with van der Waals surface area (Å²) < 4.78 is 2.30. The number of hydrogen-bond donors (Lipinski definition) is 1. The molecule has 3 nitrogen and oxygen atoms in total. The molecular weight excluding hydrogens is 198 g/mol. The zero-order valence-electron chi connectivity index (χ0n) is 10.4. The van der Waals surface area contributed by atoms with Gasteiger partial charge in [0, 0.05) is 18.3 Å². The van der Waals surface area contributed by atoms with Gasteiger partial charge >= 0.3 is 0 Å². The molecule has 1 saturated carbocycles. The van der Waals surface area contributed by atoms with E-state index in [9.17, 15) is 0 Å². The molecule has 0 aliphatic heterocycles. The highest BCUT2D eigenvalue weighted by atomic mass is 15.1. The molecule has 0 bridgehead atoms. The van der Waals surface area contributed by atoms with Gasteiger partial charge in [0.05, 0.1) is 12.0 Å². The van der Waals surface area contributed by atoms with Crippen molar-refractivity contribution in [3.05, 3.63) is 18.2 Å². The molecule has 1 aromatic rings. The molecule has 0 radical (unpaired) electrons. The lowest BCUT2D eigenvalue weighted by Crippen LogP contribution is -2.21. The summed E-state index contributed by atoms with van der Waals surface area (Å²) in [5.41, 5.74) is 7.14. The first-order chi connectivity index (χ1) is 7.72. The van der Waals surface area contributed by atoms with Crippen LogP contribution in [0.3, 0.4) is 0 Å². The van der Waals surface area contributed by atoms with Crippen LogP contribution >= 0.6 is 0 Å². The molecule has 1 aliphatic rings. The maximum atomic E-state index is 5.96. The van der Waals surface area contributed by atoms with E-state index in [4.69, 9.17) is 5.73 Å². The summed E-state index contributed by atoms with van der Waals surface area (Å²) in [5, 5.41) is 0. The van der Waals surface area contributed by atoms with Crippen LogP contribution in [0.2, 0.25) is 0 Å². The number of aromatic nitrogens is 2. The van der Waals surface area contributed by atoms with Crippen molar-refractivity contribution in [2.24, 2.45) is 11.7 Å². The Morgan fingerprint density at radius 1 is 1.44 bits per heavy atom. The van der Waals surface area contributed by atoms with Gasteiger partial charge in [-0.15, -0.1) is 0 Å². The molecule has 0 spiro atoms. The molecule has 2 rings (SSSR count). The number of nitrogens with two attached hydrogens (primary N) is 1. The third-order valence-electron chi connectivity index (χ3n) is 3.95. The van der Waals surface area contributed by atoms with E-state index >= 15 is 0 Å². The van der Waals surface area contributed by atoms with Gasteiger partial charge in [-0.2, -0.15) is 0 Å². The van der Waals surface area contributed by atoms with Crippen molar-refractivity contribution in [3.63, 3.8) is 0 Å². The van der Waals surface area contributed by atoms with Crippen LogP contribution in [0.25, 0.3) is 0 Å². The fourth-order valence-corrected chi connectivity index (χ4v) is 2.80. The van der Waals surface area contributed by atoms with Crippen LogP contribution in [0, 0.1) is 5.92 Å². The van der Waals surface area contributed by atoms with Gasteiger partial charge in [0.1, 0.15) is 0 Å². The average Bonchev–Trinajstić information content (AvgIpc) is 2.78. The minimum absolute atomic E-state index is 0.0893. The van der Waals surface area contributed by atoms with Gasteiger partial charge in [-0.25, -0.2) is 4.98 Å². The van der Waals surface area contributed by atoms with Crippen LogP contribution in [0.5, 0.6) is 0 Å². The van der Waals surface area contributed by atoms with Crippen molar-refractivity contribution in [2.75, 3.05) is 0 Å². The van der Waals surface area contributed by atoms with E-state index in [0.29, 0.717) is 6.04 Å². The lowest BCUT2D eigenvalue weighted by atomic mass is 9.84. The van der Waals surface area contributed by atoms with E-state index in [1.165, 1.54) is 37.8 Å². The second-order valence-corrected chi connectivity index (χ2v) is 5.10. The van der Waals surface area contributed by atoms with E-state index in [1.54, 1.807) is 0 Å². The minimum Gasteiger partial charge on any atom is -0.330 e. The molecule has 1 heterocycles. The summed E-state index contributed by atoms with van der Waals surface area (Å²) in [5.74, 6) is 0.943. The van der Waals surface area contributed by atoms with E-state index in [-0.39, 0.29) is 6.04 Å². The predicted octanol–water partition coefficient (Wildman–Crippen LogP) is 3.04. The molecule has 0 unspecified atom stereocenters. The molecule has 0 amide bonds. The summed E-state index contributed by atoms with van der Waals surface area (Å²) in [6.07, 6.45) is 10.5. The second-order valence-electron chi connectivity index (χ2n) is 5.10. The average molecular weight is 221 g/mol. The molecule has 1 aromatic heterocycles. The van der Waals surface area contributed by atoms with Gasteiger partial charge in [0.15, 0.2) is 0 Å². The Kier molecular flexibility index (Phi) is 3.64. The van der Waals surface area contributed by atoms with Gasteiger partial charge in [-0.05, 0) is 38.5 Å². The number of imidazole rings is 1. The Morgan fingerprint density at radius 3 is 2.69 bits per heavy atom. The van der Waals surface area contributed by atoms with Gasteiger partial charge in [0.25, 0.3) is 0 Å². The van der Waals surface area contributed by atoms with Crippen molar-refractivity contribution in [2.45, 2.75) is 58.0 Å². The summed E-state index contributed by atoms with van der Waals surface area (Å²) >= 11 is 0. The monoisotopic (exact) mass is 221 g/mol. The lowest BCUT2D eigenvalue weighted by molar-refractivity contribution is 0.265. The maximum absolute atomic E-state index is 5.96. The van der Waals surface area contributed by atoms with Crippen molar-refractivity contribution in [1.29, 1.82) is 0 Å². The van der Waals surface area contributed by atoms with Crippen molar-refractivity contribution < 1.29 is 0 Å². The van der Waals surface area contributed by atoms with Gasteiger partial charge in [-0.1, -0.05) is 13.3 Å². The smallest absolute Gasteiger partial charge is 0.0951 e. The molecule has 3 heteroatoms. The molecule has 16 heavy (non-hydrogen) atoms. The summed E-state index contributed by atoms with van der Waals surface area (Å²) in [6, 6.07) is 0.720. The van der Waals surface area contributed by atoms with E-state index < -0.39 is 0 Å². The molecule has 2 N–H and O–H groups in total. The minimum atomic E-state index is 0.0893. The molecule has 1 atom stereocenters. The number of nitrogens with zero attached hydrogens (tertiary/aromatic N) is 2. The Bertz CT molecular complexity index is 322. The Balaban J connectivity index is 2.05. The van der Waals surface area contributed by atoms with E-state index in [1.807, 2.05) is 19.4 Å². The highest BCUT2D eigenvalue weighted by Crippen LogP contribution is 2.34. The lowest BCUT2D eigenvalue weighted by Gasteiger charge is -2.30. The third-order valence-corrected chi connectivity index (χ3v) is 3.95. The normalized spacial score (nSPS) is 27.9. The first-order valence-electron chi connectivity index (χ1n) is 6.49. The van der Waals surface area contributed by atoms with E-state index in [2.05, 4.69) is 16.5 Å². The van der Waals surface area contributed by atoms with Crippen LogP contribution < -0.4 is 5.73 Å². The topological polar surface area (TPSA) is 43.8 Å². The van der Waals surface area contributed by atoms with E-state index in [0.717, 1.165) is 5.92 Å². The fraction of sp³-hybridized carbons (Fsp3) is 0.769. The van der Waals surface area contributed by atoms with Gasteiger partial charge < -0.3 is 10.3 Å². The molecule has 90 valence electrons. The fourth-order valence-electron chi connectivity index (χ4n) is 2.80. The predicted molar refractivity (Wildman–Crippen MR) is 66.1 cm³/mol.